The van der Waals surface area contributed by atoms with E-state index in [0.717, 1.165) is 32.1 Å². The second-order valence-corrected chi connectivity index (χ2v) is 10.3. The quantitative estimate of drug-likeness (QED) is 0.297. The van der Waals surface area contributed by atoms with Crippen LogP contribution in [0, 0.1) is 5.92 Å². The van der Waals surface area contributed by atoms with E-state index in [0.29, 0.717) is 38.9 Å². The molecule has 0 unspecified atom stereocenters. The first-order valence-electron chi connectivity index (χ1n) is 12.9. The molecule has 1 aromatic carbocycles. The Bertz CT molecular complexity index is 819. The Labute approximate surface area is 210 Å². The molecule has 3 amide bonds. The number of nitrogens with one attached hydrogen (secondary N) is 2. The predicted octanol–water partition coefficient (Wildman–Crippen LogP) is 4.61. The fraction of sp³-hybridized carbons (Fsp3) is 0.607. The Morgan fingerprint density at radius 1 is 1.14 bits per heavy atom. The van der Waals surface area contributed by atoms with Crippen LogP contribution in [0.25, 0.3) is 0 Å². The fourth-order valence-corrected chi connectivity index (χ4v) is 4.35. The molecule has 1 saturated heterocycles. The molecule has 1 aliphatic rings. The molecule has 35 heavy (non-hydrogen) atoms. The van der Waals surface area contributed by atoms with Crippen molar-refractivity contribution in [2.75, 3.05) is 19.6 Å². The highest BCUT2D eigenvalue weighted by Crippen LogP contribution is 2.28. The van der Waals surface area contributed by atoms with Crippen LogP contribution in [-0.2, 0) is 20.7 Å². The lowest BCUT2D eigenvalue weighted by Gasteiger charge is -2.25. The van der Waals surface area contributed by atoms with Crippen LogP contribution in [0.4, 0.5) is 4.79 Å². The smallest absolute Gasteiger partial charge is 0.407 e. The van der Waals surface area contributed by atoms with Gasteiger partial charge in [-0.2, -0.15) is 0 Å². The number of allylic oxidation sites excluding steroid dienone is 1. The molecule has 7 heteroatoms. The van der Waals surface area contributed by atoms with Crippen molar-refractivity contribution in [3.63, 3.8) is 0 Å². The molecule has 0 spiro atoms. The number of benzene rings is 1. The number of hydrogen-bond donors (Lipinski definition) is 2. The average molecular weight is 486 g/mol. The summed E-state index contributed by atoms with van der Waals surface area (Å²) in [6.45, 7) is 10.9. The molecule has 1 fully saturated rings. The number of rotatable bonds is 14. The summed E-state index contributed by atoms with van der Waals surface area (Å²) in [4.78, 5) is 39.0. The number of amides is 3. The van der Waals surface area contributed by atoms with E-state index in [1.54, 1.807) is 0 Å². The third-order valence-corrected chi connectivity index (χ3v) is 6.09. The van der Waals surface area contributed by atoms with Crippen molar-refractivity contribution in [1.29, 1.82) is 0 Å². The van der Waals surface area contributed by atoms with Crippen molar-refractivity contribution in [2.45, 2.75) is 83.8 Å². The summed E-state index contributed by atoms with van der Waals surface area (Å²) in [5, 5.41) is 5.73. The van der Waals surface area contributed by atoms with Crippen molar-refractivity contribution in [3.8, 4) is 0 Å². The number of alkyl carbamates (subject to hydrolysis) is 1. The van der Waals surface area contributed by atoms with Crippen molar-refractivity contribution < 1.29 is 19.1 Å². The van der Waals surface area contributed by atoms with Gasteiger partial charge in [0, 0.05) is 38.0 Å². The fourth-order valence-electron chi connectivity index (χ4n) is 4.35. The molecule has 1 heterocycles. The number of aryl methyl sites for hydroxylation is 1. The number of ether oxygens (including phenoxy) is 1. The molecule has 194 valence electrons. The third-order valence-electron chi connectivity index (χ3n) is 6.09. The maximum atomic E-state index is 13.0. The number of carbonyl (C=O) groups excluding carboxylic acids is 3. The topological polar surface area (TPSA) is 87.7 Å². The van der Waals surface area contributed by atoms with E-state index in [2.05, 4.69) is 29.3 Å². The van der Waals surface area contributed by atoms with Crippen LogP contribution in [-0.4, -0.2) is 54.1 Å². The Balaban J connectivity index is 1.74. The van der Waals surface area contributed by atoms with Gasteiger partial charge >= 0.3 is 6.09 Å². The van der Waals surface area contributed by atoms with Gasteiger partial charge in [0.15, 0.2) is 0 Å². The van der Waals surface area contributed by atoms with Crippen molar-refractivity contribution in [2.24, 2.45) is 5.92 Å². The van der Waals surface area contributed by atoms with E-state index < -0.39 is 11.7 Å². The van der Waals surface area contributed by atoms with Crippen LogP contribution in [0.5, 0.6) is 0 Å². The number of nitrogens with zero attached hydrogens (tertiary/aromatic N) is 1. The van der Waals surface area contributed by atoms with Crippen molar-refractivity contribution in [1.82, 2.24) is 15.5 Å². The molecule has 1 aliphatic heterocycles. The zero-order valence-electron chi connectivity index (χ0n) is 21.7. The van der Waals surface area contributed by atoms with Gasteiger partial charge < -0.3 is 20.3 Å². The van der Waals surface area contributed by atoms with Gasteiger partial charge in [-0.15, -0.1) is 6.58 Å². The molecule has 0 radical (unpaired) electrons. The van der Waals surface area contributed by atoms with Gasteiger partial charge in [0.25, 0.3) is 0 Å². The monoisotopic (exact) mass is 485 g/mol. The average Bonchev–Trinajstić information content (AvgIpc) is 3.10. The summed E-state index contributed by atoms with van der Waals surface area (Å²) in [5.74, 6) is 0.187. The molecule has 2 rings (SSSR count). The minimum Gasteiger partial charge on any atom is -0.444 e. The molecule has 0 aromatic heterocycles. The zero-order valence-corrected chi connectivity index (χ0v) is 21.7. The van der Waals surface area contributed by atoms with Crippen LogP contribution >= 0.6 is 0 Å². The third kappa shape index (κ3) is 11.0. The molecular weight excluding hydrogens is 442 g/mol. The summed E-state index contributed by atoms with van der Waals surface area (Å²) < 4.78 is 5.20. The second kappa shape index (κ2) is 14.5. The van der Waals surface area contributed by atoms with Gasteiger partial charge in [0.05, 0.1) is 0 Å². The first-order valence-corrected chi connectivity index (χ1v) is 12.9. The van der Waals surface area contributed by atoms with Crippen molar-refractivity contribution in [3.05, 3.63) is 48.6 Å². The number of carbonyl (C=O) groups is 3. The van der Waals surface area contributed by atoms with Crippen LogP contribution in [0.1, 0.15) is 71.3 Å². The van der Waals surface area contributed by atoms with Gasteiger partial charge in [-0.3, -0.25) is 9.59 Å². The highest BCUT2D eigenvalue weighted by molar-refractivity contribution is 5.82. The normalized spacial score (nSPS) is 17.8. The standard InChI is InChI=1S/C28H43N3O4/c1-5-6-16-23-20-24(31(26(23)33)19-12-15-22-13-8-7-9-14-22)21-30-25(32)17-10-11-18-29-27(34)35-28(2,3)4/h5,7-9,13-14,23-24H,1,6,10-12,15-21H2,2-4H3,(H,29,34)(H,30,32)/t23-,24+/m1/s1. The molecule has 0 saturated carbocycles. The summed E-state index contributed by atoms with van der Waals surface area (Å²) >= 11 is 0. The van der Waals surface area contributed by atoms with Gasteiger partial charge in [-0.1, -0.05) is 36.4 Å². The first-order chi connectivity index (χ1) is 16.7. The van der Waals surface area contributed by atoms with E-state index in [1.165, 1.54) is 5.56 Å². The van der Waals surface area contributed by atoms with E-state index in [4.69, 9.17) is 4.74 Å². The highest BCUT2D eigenvalue weighted by Gasteiger charge is 2.38. The lowest BCUT2D eigenvalue weighted by molar-refractivity contribution is -0.132. The molecule has 2 atom stereocenters. The Morgan fingerprint density at radius 3 is 2.57 bits per heavy atom. The minimum atomic E-state index is -0.522. The zero-order chi connectivity index (χ0) is 25.7. The molecule has 1 aromatic rings. The maximum absolute atomic E-state index is 13.0. The van der Waals surface area contributed by atoms with Gasteiger partial charge in [0.2, 0.25) is 11.8 Å². The summed E-state index contributed by atoms with van der Waals surface area (Å²) in [7, 11) is 0. The number of hydrogen-bond acceptors (Lipinski definition) is 4. The maximum Gasteiger partial charge on any atom is 0.407 e. The number of likely N-dealkylation sites (tertiary alicyclic amines) is 1. The Morgan fingerprint density at radius 2 is 1.89 bits per heavy atom. The van der Waals surface area contributed by atoms with E-state index in [1.807, 2.05) is 49.9 Å². The van der Waals surface area contributed by atoms with Gasteiger partial charge in [-0.25, -0.2) is 4.79 Å². The largest absolute Gasteiger partial charge is 0.444 e. The minimum absolute atomic E-state index is 0.00514. The van der Waals surface area contributed by atoms with Crippen LogP contribution < -0.4 is 10.6 Å². The van der Waals surface area contributed by atoms with Crippen LogP contribution in [0.2, 0.25) is 0 Å². The molecular formula is C28H43N3O4. The molecule has 0 aliphatic carbocycles. The van der Waals surface area contributed by atoms with Gasteiger partial charge in [0.1, 0.15) is 5.60 Å². The Kier molecular flexibility index (Phi) is 11.8. The molecule has 2 N–H and O–H groups in total. The van der Waals surface area contributed by atoms with Crippen LogP contribution in [0.3, 0.4) is 0 Å². The second-order valence-electron chi connectivity index (χ2n) is 10.3. The number of unbranched alkanes of at least 4 members (excludes halogenated alkanes) is 1. The van der Waals surface area contributed by atoms with E-state index in [-0.39, 0.29) is 23.8 Å². The lowest BCUT2D eigenvalue weighted by Crippen LogP contribution is -2.42. The van der Waals surface area contributed by atoms with Crippen molar-refractivity contribution >= 4 is 17.9 Å². The summed E-state index contributed by atoms with van der Waals surface area (Å²) in [5.41, 5.74) is 0.750. The SMILES string of the molecule is C=CCC[C@@H]1C[C@@H](CNC(=O)CCCCNC(=O)OC(C)(C)C)N(CCCc2ccccc2)C1=O. The first kappa shape index (κ1) is 28.4. The van der Waals surface area contributed by atoms with E-state index >= 15 is 0 Å². The van der Waals surface area contributed by atoms with Gasteiger partial charge in [-0.05, 0) is 71.3 Å². The van der Waals surface area contributed by atoms with Crippen LogP contribution in [0.15, 0.2) is 43.0 Å². The lowest BCUT2D eigenvalue weighted by atomic mass is 9.99. The predicted molar refractivity (Wildman–Crippen MR) is 139 cm³/mol. The summed E-state index contributed by atoms with van der Waals surface area (Å²) in [6, 6.07) is 10.3. The van der Waals surface area contributed by atoms with E-state index in [9.17, 15) is 14.4 Å². The molecule has 7 nitrogen and oxygen atoms in total. The Hall–Kier alpha value is -2.83. The summed E-state index contributed by atoms with van der Waals surface area (Å²) in [6.07, 6.45) is 7.43. The highest BCUT2D eigenvalue weighted by atomic mass is 16.6. The molecule has 0 bridgehead atoms.